The number of hydrogen-bond acceptors (Lipinski definition) is 2. The first-order valence-electron chi connectivity index (χ1n) is 6.23. The molecule has 6 heteroatoms. The largest absolute Gasteiger partial charge is 0.495 e. The Morgan fingerprint density at radius 3 is 2.81 bits per heavy atom. The zero-order valence-corrected chi connectivity index (χ0v) is 13.0. The van der Waals surface area contributed by atoms with Crippen LogP contribution in [0.2, 0.25) is 0 Å². The lowest BCUT2D eigenvalue weighted by atomic mass is 10.2. The molecule has 0 aliphatic rings. The third-order valence-corrected chi connectivity index (χ3v) is 3.18. The number of nitrogens with one attached hydrogen (secondary N) is 1. The number of ether oxygens (including phenoxy) is 1. The number of nitrogens with two attached hydrogens (primary N) is 1. The van der Waals surface area contributed by atoms with E-state index in [-0.39, 0.29) is 18.3 Å². The molecule has 0 unspecified atom stereocenters. The lowest BCUT2D eigenvalue weighted by Crippen LogP contribution is -2.22. The molecule has 4 nitrogen and oxygen atoms in total. The summed E-state index contributed by atoms with van der Waals surface area (Å²) >= 11 is 3.24. The fraction of sp³-hybridized carbons (Fsp3) is 0.133. The molecular formula is C15H15BrFN3O. The van der Waals surface area contributed by atoms with Crippen LogP contribution in [0.3, 0.4) is 0 Å². The van der Waals surface area contributed by atoms with Gasteiger partial charge < -0.3 is 15.8 Å². The van der Waals surface area contributed by atoms with Crippen molar-refractivity contribution in [2.45, 2.75) is 6.54 Å². The van der Waals surface area contributed by atoms with Gasteiger partial charge in [0.25, 0.3) is 0 Å². The van der Waals surface area contributed by atoms with Crippen LogP contribution in [-0.2, 0) is 6.54 Å². The van der Waals surface area contributed by atoms with Crippen LogP contribution in [0, 0.1) is 5.82 Å². The summed E-state index contributed by atoms with van der Waals surface area (Å²) in [6, 6.07) is 12.0. The van der Waals surface area contributed by atoms with Gasteiger partial charge in [0.05, 0.1) is 19.3 Å². The van der Waals surface area contributed by atoms with Crippen LogP contribution in [0.15, 0.2) is 51.9 Å². The molecule has 0 aromatic heterocycles. The lowest BCUT2D eigenvalue weighted by Gasteiger charge is -2.10. The van der Waals surface area contributed by atoms with Gasteiger partial charge in [-0.1, -0.05) is 28.1 Å². The highest BCUT2D eigenvalue weighted by atomic mass is 79.9. The number of halogens is 2. The Labute approximate surface area is 131 Å². The Hall–Kier alpha value is -2.08. The number of benzene rings is 2. The van der Waals surface area contributed by atoms with E-state index in [1.807, 2.05) is 24.3 Å². The van der Waals surface area contributed by atoms with Crippen LogP contribution in [0.1, 0.15) is 5.56 Å². The van der Waals surface area contributed by atoms with Crippen molar-refractivity contribution in [3.63, 3.8) is 0 Å². The number of hydrogen-bond donors (Lipinski definition) is 2. The monoisotopic (exact) mass is 351 g/mol. The van der Waals surface area contributed by atoms with Crippen LogP contribution in [0.25, 0.3) is 0 Å². The van der Waals surface area contributed by atoms with Gasteiger partial charge in [-0.15, -0.1) is 0 Å². The van der Waals surface area contributed by atoms with Crippen LogP contribution in [0.5, 0.6) is 5.75 Å². The first-order valence-corrected chi connectivity index (χ1v) is 7.02. The topological polar surface area (TPSA) is 59.6 Å². The van der Waals surface area contributed by atoms with Crippen molar-refractivity contribution in [1.82, 2.24) is 0 Å². The molecule has 0 fully saturated rings. The van der Waals surface area contributed by atoms with Crippen molar-refractivity contribution >= 4 is 27.6 Å². The summed E-state index contributed by atoms with van der Waals surface area (Å²) in [7, 11) is 1.58. The highest BCUT2D eigenvalue weighted by molar-refractivity contribution is 9.10. The molecule has 0 atom stereocenters. The minimum atomic E-state index is -0.314. The Kier molecular flexibility index (Phi) is 5.16. The Morgan fingerprint density at radius 1 is 1.33 bits per heavy atom. The van der Waals surface area contributed by atoms with E-state index in [0.29, 0.717) is 10.2 Å². The first kappa shape index (κ1) is 15.3. The Bertz CT molecular complexity index is 641. The predicted molar refractivity (Wildman–Crippen MR) is 86.0 cm³/mol. The summed E-state index contributed by atoms with van der Waals surface area (Å²) in [5, 5.41) is 2.96. The fourth-order valence-electron chi connectivity index (χ4n) is 1.80. The molecule has 3 N–H and O–H groups in total. The fourth-order valence-corrected chi connectivity index (χ4v) is 2.32. The van der Waals surface area contributed by atoms with Gasteiger partial charge in [0, 0.05) is 4.47 Å². The number of methoxy groups -OCH3 is 1. The summed E-state index contributed by atoms with van der Waals surface area (Å²) in [6.45, 7) is 0.282. The number of nitrogens with zero attached hydrogens (tertiary/aromatic N) is 1. The molecule has 0 aliphatic carbocycles. The van der Waals surface area contributed by atoms with Crippen molar-refractivity contribution in [3.8, 4) is 5.75 Å². The van der Waals surface area contributed by atoms with Gasteiger partial charge in [-0.05, 0) is 35.9 Å². The van der Waals surface area contributed by atoms with E-state index in [4.69, 9.17) is 10.5 Å². The molecule has 0 aliphatic heterocycles. The second-order valence-electron chi connectivity index (χ2n) is 4.30. The van der Waals surface area contributed by atoms with E-state index in [1.165, 1.54) is 12.1 Å². The van der Waals surface area contributed by atoms with Gasteiger partial charge in [-0.25, -0.2) is 9.38 Å². The highest BCUT2D eigenvalue weighted by Gasteiger charge is 2.03. The zero-order chi connectivity index (χ0) is 15.2. The van der Waals surface area contributed by atoms with Crippen molar-refractivity contribution in [2.75, 3.05) is 12.4 Å². The van der Waals surface area contributed by atoms with Crippen molar-refractivity contribution < 1.29 is 9.13 Å². The van der Waals surface area contributed by atoms with Crippen molar-refractivity contribution in [3.05, 3.63) is 58.3 Å². The first-order chi connectivity index (χ1) is 10.1. The van der Waals surface area contributed by atoms with Gasteiger partial charge in [-0.2, -0.15) is 0 Å². The molecule has 2 aromatic rings. The molecule has 0 heterocycles. The maximum absolute atomic E-state index is 13.3. The number of guanidine groups is 1. The average Bonchev–Trinajstić information content (AvgIpc) is 2.45. The molecule has 21 heavy (non-hydrogen) atoms. The SMILES string of the molecule is COc1ccccc1NC(N)=NCc1cc(F)cc(Br)c1. The average molecular weight is 352 g/mol. The Balaban J connectivity index is 2.07. The van der Waals surface area contributed by atoms with E-state index in [9.17, 15) is 4.39 Å². The smallest absolute Gasteiger partial charge is 0.193 e. The van der Waals surface area contributed by atoms with E-state index >= 15 is 0 Å². The van der Waals surface area contributed by atoms with E-state index in [0.717, 1.165) is 11.3 Å². The number of anilines is 1. The highest BCUT2D eigenvalue weighted by Crippen LogP contribution is 2.22. The van der Waals surface area contributed by atoms with Gasteiger partial charge in [0.1, 0.15) is 11.6 Å². The molecule has 0 bridgehead atoms. The molecule has 0 saturated carbocycles. The summed E-state index contributed by atoms with van der Waals surface area (Å²) in [6.07, 6.45) is 0. The van der Waals surface area contributed by atoms with Crippen LogP contribution >= 0.6 is 15.9 Å². The summed E-state index contributed by atoms with van der Waals surface area (Å²) in [5.41, 5.74) is 7.28. The molecular weight excluding hydrogens is 337 g/mol. The molecule has 2 aromatic carbocycles. The van der Waals surface area contributed by atoms with Gasteiger partial charge in [0.15, 0.2) is 5.96 Å². The van der Waals surface area contributed by atoms with E-state index in [2.05, 4.69) is 26.2 Å². The Morgan fingerprint density at radius 2 is 2.10 bits per heavy atom. The molecule has 2 rings (SSSR count). The zero-order valence-electron chi connectivity index (χ0n) is 11.4. The lowest BCUT2D eigenvalue weighted by molar-refractivity contribution is 0.417. The molecule has 0 amide bonds. The maximum Gasteiger partial charge on any atom is 0.193 e. The quantitative estimate of drug-likeness (QED) is 0.654. The minimum Gasteiger partial charge on any atom is -0.495 e. The third-order valence-electron chi connectivity index (χ3n) is 2.72. The van der Waals surface area contributed by atoms with E-state index in [1.54, 1.807) is 13.2 Å². The van der Waals surface area contributed by atoms with Gasteiger partial charge in [-0.3, -0.25) is 0 Å². The minimum absolute atomic E-state index is 0.236. The summed E-state index contributed by atoms with van der Waals surface area (Å²) < 4.78 is 19.1. The summed E-state index contributed by atoms with van der Waals surface area (Å²) in [4.78, 5) is 4.19. The normalized spacial score (nSPS) is 11.3. The predicted octanol–water partition coefficient (Wildman–Crippen LogP) is 3.52. The number of para-hydroxylation sites is 2. The molecule has 110 valence electrons. The maximum atomic E-state index is 13.3. The number of rotatable bonds is 4. The second kappa shape index (κ2) is 7.08. The van der Waals surface area contributed by atoms with Crippen LogP contribution < -0.4 is 15.8 Å². The van der Waals surface area contributed by atoms with E-state index < -0.39 is 0 Å². The third kappa shape index (κ3) is 4.46. The standard InChI is InChI=1S/C15H15BrFN3O/c1-21-14-5-3-2-4-13(14)20-15(18)19-9-10-6-11(16)8-12(17)7-10/h2-8H,9H2,1H3,(H3,18,19,20). The molecule has 0 saturated heterocycles. The number of aliphatic imine (C=N–C) groups is 1. The van der Waals surface area contributed by atoms with Crippen molar-refractivity contribution in [2.24, 2.45) is 10.7 Å². The van der Waals surface area contributed by atoms with Gasteiger partial charge in [0.2, 0.25) is 0 Å². The molecule has 0 spiro atoms. The second-order valence-corrected chi connectivity index (χ2v) is 5.22. The van der Waals surface area contributed by atoms with Gasteiger partial charge >= 0.3 is 0 Å². The molecule has 0 radical (unpaired) electrons. The van der Waals surface area contributed by atoms with Crippen LogP contribution in [-0.4, -0.2) is 13.1 Å². The van der Waals surface area contributed by atoms with Crippen molar-refractivity contribution in [1.29, 1.82) is 0 Å². The van der Waals surface area contributed by atoms with Crippen LogP contribution in [0.4, 0.5) is 10.1 Å². The summed E-state index contributed by atoms with van der Waals surface area (Å²) in [5.74, 6) is 0.592.